The summed E-state index contributed by atoms with van der Waals surface area (Å²) in [5, 5.41) is 11.4. The lowest BCUT2D eigenvalue weighted by Gasteiger charge is -2.15. The fourth-order valence-electron chi connectivity index (χ4n) is 3.53. The zero-order chi connectivity index (χ0) is 28.0. The number of sulfonamides is 1. The third-order valence-corrected chi connectivity index (χ3v) is 6.74. The van der Waals surface area contributed by atoms with E-state index >= 15 is 4.39 Å². The van der Waals surface area contributed by atoms with E-state index < -0.39 is 37.0 Å². The maximum absolute atomic E-state index is 15.3. The molecular formula is C25H25FN2O9S. The fraction of sp³-hybridized carbons (Fsp3) is 0.200. The number of nitrogens with one attached hydrogen (secondary N) is 1. The largest absolute Gasteiger partial charge is 0.494 e. The van der Waals surface area contributed by atoms with Gasteiger partial charge in [-0.2, -0.15) is 0 Å². The van der Waals surface area contributed by atoms with Gasteiger partial charge >= 0.3 is 5.69 Å². The highest BCUT2D eigenvalue weighted by molar-refractivity contribution is 7.92. The molecule has 38 heavy (non-hydrogen) atoms. The van der Waals surface area contributed by atoms with E-state index in [1.165, 1.54) is 53.8 Å². The summed E-state index contributed by atoms with van der Waals surface area (Å²) in [6, 6.07) is 9.16. The number of nitrogens with zero attached hydrogens (tertiary/aromatic N) is 1. The molecule has 0 spiro atoms. The van der Waals surface area contributed by atoms with Crippen LogP contribution in [0.5, 0.6) is 28.7 Å². The predicted octanol–water partition coefficient (Wildman–Crippen LogP) is 4.75. The van der Waals surface area contributed by atoms with Crippen molar-refractivity contribution in [1.82, 2.24) is 0 Å². The van der Waals surface area contributed by atoms with Gasteiger partial charge in [-0.15, -0.1) is 0 Å². The van der Waals surface area contributed by atoms with Crippen LogP contribution >= 0.6 is 0 Å². The molecule has 0 saturated heterocycles. The first-order chi connectivity index (χ1) is 18.1. The lowest BCUT2D eigenvalue weighted by atomic mass is 10.1. The molecule has 0 radical (unpaired) electrons. The highest BCUT2D eigenvalue weighted by Crippen LogP contribution is 2.39. The number of ether oxygens (including phenoxy) is 5. The van der Waals surface area contributed by atoms with Crippen molar-refractivity contribution in [1.29, 1.82) is 0 Å². The number of methoxy groups -OCH3 is 5. The van der Waals surface area contributed by atoms with Gasteiger partial charge in [0.05, 0.1) is 51.1 Å². The summed E-state index contributed by atoms with van der Waals surface area (Å²) in [6.07, 6.45) is 3.05. The van der Waals surface area contributed by atoms with Gasteiger partial charge in [0.25, 0.3) is 10.0 Å². The molecule has 13 heteroatoms. The van der Waals surface area contributed by atoms with Crippen LogP contribution in [0.4, 0.5) is 15.8 Å². The third-order valence-electron chi connectivity index (χ3n) is 5.39. The summed E-state index contributed by atoms with van der Waals surface area (Å²) in [6.45, 7) is 0. The molecule has 0 fully saturated rings. The molecule has 0 amide bonds. The topological polar surface area (TPSA) is 135 Å². The van der Waals surface area contributed by atoms with Gasteiger partial charge in [0.2, 0.25) is 5.75 Å². The van der Waals surface area contributed by atoms with E-state index in [0.717, 1.165) is 18.2 Å². The summed E-state index contributed by atoms with van der Waals surface area (Å²) >= 11 is 0. The molecule has 0 aliphatic carbocycles. The molecule has 3 aromatic rings. The molecule has 0 aliphatic heterocycles. The normalized spacial score (nSPS) is 11.2. The van der Waals surface area contributed by atoms with E-state index in [0.29, 0.717) is 22.8 Å². The van der Waals surface area contributed by atoms with Crippen molar-refractivity contribution in [3.05, 3.63) is 69.5 Å². The molecule has 0 saturated carbocycles. The summed E-state index contributed by atoms with van der Waals surface area (Å²) in [5.74, 6) is -0.177. The molecule has 0 aliphatic rings. The van der Waals surface area contributed by atoms with E-state index in [-0.39, 0.29) is 17.1 Å². The van der Waals surface area contributed by atoms with Crippen molar-refractivity contribution in [2.75, 3.05) is 40.3 Å². The number of nitro groups is 1. The highest BCUT2D eigenvalue weighted by Gasteiger charge is 2.25. The van der Waals surface area contributed by atoms with Crippen LogP contribution in [0.2, 0.25) is 0 Å². The second-order valence-electron chi connectivity index (χ2n) is 7.53. The van der Waals surface area contributed by atoms with Gasteiger partial charge in [-0.3, -0.25) is 14.8 Å². The quantitative estimate of drug-likeness (QED) is 0.205. The SMILES string of the molecule is COc1ccc(S(=O)(=O)Nc2c(C=Cc3cc(OC)c(OC)c(OC)c3)ccc(OC)c2F)cc1[N+](=O)[O-]. The summed E-state index contributed by atoms with van der Waals surface area (Å²) in [7, 11) is 2.35. The first kappa shape index (κ1) is 28.1. The van der Waals surface area contributed by atoms with Crippen LogP contribution in [0.3, 0.4) is 0 Å². The zero-order valence-electron chi connectivity index (χ0n) is 21.1. The highest BCUT2D eigenvalue weighted by atomic mass is 32.2. The smallest absolute Gasteiger partial charge is 0.312 e. The molecule has 0 unspecified atom stereocenters. The maximum Gasteiger partial charge on any atom is 0.312 e. The average Bonchev–Trinajstić information content (AvgIpc) is 2.92. The van der Waals surface area contributed by atoms with Gasteiger partial charge in [0, 0.05) is 11.6 Å². The van der Waals surface area contributed by atoms with E-state index in [4.69, 9.17) is 23.7 Å². The lowest BCUT2D eigenvalue weighted by molar-refractivity contribution is -0.386. The monoisotopic (exact) mass is 548 g/mol. The first-order valence-electron chi connectivity index (χ1n) is 10.8. The van der Waals surface area contributed by atoms with Gasteiger partial charge in [-0.1, -0.05) is 12.2 Å². The van der Waals surface area contributed by atoms with Crippen LogP contribution in [0.25, 0.3) is 12.2 Å². The molecule has 11 nitrogen and oxygen atoms in total. The van der Waals surface area contributed by atoms with Crippen molar-refractivity contribution in [2.24, 2.45) is 0 Å². The van der Waals surface area contributed by atoms with Crippen molar-refractivity contribution >= 4 is 33.6 Å². The van der Waals surface area contributed by atoms with Gasteiger partial charge < -0.3 is 23.7 Å². The molecule has 0 atom stereocenters. The van der Waals surface area contributed by atoms with Gasteiger partial charge in [-0.05, 0) is 42.0 Å². The number of anilines is 1. The second kappa shape index (κ2) is 11.7. The Morgan fingerprint density at radius 1 is 0.816 bits per heavy atom. The van der Waals surface area contributed by atoms with Gasteiger partial charge in [0.15, 0.2) is 28.8 Å². The molecule has 3 rings (SSSR count). The summed E-state index contributed by atoms with van der Waals surface area (Å²) < 4.78 is 69.7. The van der Waals surface area contributed by atoms with E-state index in [1.807, 2.05) is 0 Å². The first-order valence-corrected chi connectivity index (χ1v) is 12.3. The minimum absolute atomic E-state index is 0.129. The Morgan fingerprint density at radius 3 is 1.92 bits per heavy atom. The molecule has 202 valence electrons. The molecule has 0 bridgehead atoms. The maximum atomic E-state index is 15.3. The minimum Gasteiger partial charge on any atom is -0.494 e. The number of rotatable bonds is 11. The van der Waals surface area contributed by atoms with Crippen LogP contribution in [-0.2, 0) is 10.0 Å². The van der Waals surface area contributed by atoms with E-state index in [2.05, 4.69) is 4.72 Å². The van der Waals surface area contributed by atoms with Crippen molar-refractivity contribution in [2.45, 2.75) is 4.90 Å². The molecule has 0 aromatic heterocycles. The fourth-order valence-corrected chi connectivity index (χ4v) is 4.64. The van der Waals surface area contributed by atoms with Gasteiger partial charge in [-0.25, -0.2) is 12.8 Å². The number of nitro benzene ring substituents is 1. The van der Waals surface area contributed by atoms with Crippen LogP contribution in [0.1, 0.15) is 11.1 Å². The Kier molecular flexibility index (Phi) is 8.63. The molecular weight excluding hydrogens is 523 g/mol. The minimum atomic E-state index is -4.47. The summed E-state index contributed by atoms with van der Waals surface area (Å²) in [5.41, 5.74) is -0.269. The Labute approximate surface area is 218 Å². The Hall–Kier alpha value is -4.52. The van der Waals surface area contributed by atoms with Crippen molar-refractivity contribution < 1.29 is 41.4 Å². The number of hydrogen-bond donors (Lipinski definition) is 1. The van der Waals surface area contributed by atoms with Crippen LogP contribution < -0.4 is 28.4 Å². The van der Waals surface area contributed by atoms with Crippen molar-refractivity contribution in [3.8, 4) is 28.7 Å². The molecule has 1 N–H and O–H groups in total. The standard InChI is InChI=1S/C25H25FN2O9S/c1-33-19-11-9-17(14-18(19)28(29)30)38(31,32)27-24-16(8-10-20(34-2)23(24)26)7-6-15-12-21(35-3)25(37-5)22(13-15)36-4/h6-14,27H,1-5H3. The van der Waals surface area contributed by atoms with Crippen LogP contribution in [-0.4, -0.2) is 48.9 Å². The van der Waals surface area contributed by atoms with Crippen molar-refractivity contribution in [3.63, 3.8) is 0 Å². The number of benzene rings is 3. The van der Waals surface area contributed by atoms with Crippen LogP contribution in [0, 0.1) is 15.9 Å². The van der Waals surface area contributed by atoms with E-state index in [1.54, 1.807) is 18.2 Å². The zero-order valence-corrected chi connectivity index (χ0v) is 21.9. The van der Waals surface area contributed by atoms with E-state index in [9.17, 15) is 18.5 Å². The number of halogens is 1. The van der Waals surface area contributed by atoms with Crippen LogP contribution in [0.15, 0.2) is 47.4 Å². The Bertz CT molecular complexity index is 1470. The molecule has 0 heterocycles. The predicted molar refractivity (Wildman–Crippen MR) is 138 cm³/mol. The lowest BCUT2D eigenvalue weighted by Crippen LogP contribution is -2.15. The molecule has 3 aromatic carbocycles. The van der Waals surface area contributed by atoms with Gasteiger partial charge in [0.1, 0.15) is 0 Å². The number of hydrogen-bond acceptors (Lipinski definition) is 9. The summed E-state index contributed by atoms with van der Waals surface area (Å²) in [4.78, 5) is 10.1. The second-order valence-corrected chi connectivity index (χ2v) is 9.22. The average molecular weight is 549 g/mol. The third kappa shape index (κ3) is 5.72. The Balaban J connectivity index is 2.09. The Morgan fingerprint density at radius 2 is 1.39 bits per heavy atom.